The summed E-state index contributed by atoms with van der Waals surface area (Å²) in [7, 11) is 1.05. The highest BCUT2D eigenvalue weighted by atomic mass is 35.7. The van der Waals surface area contributed by atoms with Gasteiger partial charge in [-0.2, -0.15) is 8.42 Å². The van der Waals surface area contributed by atoms with E-state index >= 15 is 0 Å². The number of halogens is 1. The zero-order chi connectivity index (χ0) is 10.1. The summed E-state index contributed by atoms with van der Waals surface area (Å²) in [5.74, 6) is 0.350. The van der Waals surface area contributed by atoms with Crippen molar-refractivity contribution in [2.45, 2.75) is 13.8 Å². The minimum Gasteiger partial charge on any atom is -0.477 e. The predicted octanol–water partition coefficient (Wildman–Crippen LogP) is 1.48. The standard InChI is InChI=1S/C7H10ClNO3S/c1-5-3-7(9-13(8,10)11)12-4-6(5)2/h3,6H,4H2,1-2H3/b9-7-. The second kappa shape index (κ2) is 3.67. The van der Waals surface area contributed by atoms with Crippen molar-refractivity contribution in [1.29, 1.82) is 0 Å². The molecular weight excluding hydrogens is 214 g/mol. The van der Waals surface area contributed by atoms with Crippen LogP contribution in [0.25, 0.3) is 0 Å². The largest absolute Gasteiger partial charge is 0.477 e. The Labute approximate surface area is 81.8 Å². The van der Waals surface area contributed by atoms with Crippen LogP contribution in [-0.4, -0.2) is 20.9 Å². The third-order valence-corrected chi connectivity index (χ3v) is 2.41. The Morgan fingerprint density at radius 1 is 1.69 bits per heavy atom. The molecule has 13 heavy (non-hydrogen) atoms. The van der Waals surface area contributed by atoms with Gasteiger partial charge in [0.15, 0.2) is 0 Å². The lowest BCUT2D eigenvalue weighted by Gasteiger charge is -2.18. The highest BCUT2D eigenvalue weighted by Crippen LogP contribution is 2.16. The van der Waals surface area contributed by atoms with E-state index in [1.54, 1.807) is 6.08 Å². The Kier molecular flexibility index (Phi) is 2.98. The van der Waals surface area contributed by atoms with Crippen LogP contribution in [-0.2, 0) is 14.0 Å². The highest BCUT2D eigenvalue weighted by molar-refractivity contribution is 8.12. The normalized spacial score (nSPS) is 26.8. The lowest BCUT2D eigenvalue weighted by atomic mass is 10.0. The molecule has 0 saturated heterocycles. The van der Waals surface area contributed by atoms with E-state index in [0.717, 1.165) is 5.57 Å². The van der Waals surface area contributed by atoms with Crippen LogP contribution >= 0.6 is 10.7 Å². The van der Waals surface area contributed by atoms with Crippen molar-refractivity contribution in [3.63, 3.8) is 0 Å². The lowest BCUT2D eigenvalue weighted by Crippen LogP contribution is -2.18. The third kappa shape index (κ3) is 3.36. The summed E-state index contributed by atoms with van der Waals surface area (Å²) >= 11 is 0. The molecule has 1 aliphatic heterocycles. The molecule has 0 aromatic heterocycles. The van der Waals surface area contributed by atoms with Gasteiger partial charge in [0.1, 0.15) is 0 Å². The molecule has 0 aromatic rings. The average Bonchev–Trinajstić information content (AvgIpc) is 1.94. The summed E-state index contributed by atoms with van der Waals surface area (Å²) in [4.78, 5) is 0. The molecule has 1 rings (SSSR count). The number of ether oxygens (including phenoxy) is 1. The molecule has 1 aliphatic rings. The van der Waals surface area contributed by atoms with Crippen LogP contribution in [0.4, 0.5) is 0 Å². The van der Waals surface area contributed by atoms with E-state index in [1.165, 1.54) is 0 Å². The molecule has 6 heteroatoms. The highest BCUT2D eigenvalue weighted by Gasteiger charge is 2.15. The van der Waals surface area contributed by atoms with Gasteiger partial charge in [0.25, 0.3) is 0 Å². The van der Waals surface area contributed by atoms with Crippen molar-refractivity contribution in [2.75, 3.05) is 6.61 Å². The smallest absolute Gasteiger partial charge is 0.343 e. The van der Waals surface area contributed by atoms with Crippen LogP contribution in [0, 0.1) is 5.92 Å². The first-order valence-corrected chi connectivity index (χ1v) is 6.00. The topological polar surface area (TPSA) is 55.7 Å². The van der Waals surface area contributed by atoms with E-state index in [-0.39, 0.29) is 11.8 Å². The molecule has 0 saturated carbocycles. The van der Waals surface area contributed by atoms with Crippen molar-refractivity contribution >= 4 is 25.8 Å². The Hall–Kier alpha value is -0.550. The van der Waals surface area contributed by atoms with Crippen molar-refractivity contribution in [3.05, 3.63) is 11.6 Å². The maximum absolute atomic E-state index is 10.6. The van der Waals surface area contributed by atoms with E-state index in [9.17, 15) is 8.42 Å². The van der Waals surface area contributed by atoms with Crippen LogP contribution in [0.2, 0.25) is 0 Å². The predicted molar refractivity (Wildman–Crippen MR) is 51.1 cm³/mol. The second-order valence-corrected chi connectivity index (χ2v) is 5.12. The van der Waals surface area contributed by atoms with Gasteiger partial charge in [-0.25, -0.2) is 0 Å². The second-order valence-electron chi connectivity index (χ2n) is 2.94. The van der Waals surface area contributed by atoms with Crippen LogP contribution in [0.1, 0.15) is 13.8 Å². The zero-order valence-electron chi connectivity index (χ0n) is 7.32. The van der Waals surface area contributed by atoms with E-state index in [0.29, 0.717) is 6.61 Å². The lowest BCUT2D eigenvalue weighted by molar-refractivity contribution is 0.259. The molecule has 0 N–H and O–H groups in total. The van der Waals surface area contributed by atoms with Crippen LogP contribution < -0.4 is 0 Å². The maximum Gasteiger partial charge on any atom is 0.343 e. The van der Waals surface area contributed by atoms with Gasteiger partial charge in [0.05, 0.1) is 6.61 Å². The number of nitrogens with zero attached hydrogens (tertiary/aromatic N) is 1. The Morgan fingerprint density at radius 3 is 2.77 bits per heavy atom. The molecule has 0 amide bonds. The zero-order valence-corrected chi connectivity index (χ0v) is 8.89. The van der Waals surface area contributed by atoms with Crippen molar-refractivity contribution in [2.24, 2.45) is 10.3 Å². The quantitative estimate of drug-likeness (QED) is 0.633. The fourth-order valence-electron chi connectivity index (χ4n) is 0.881. The maximum atomic E-state index is 10.6. The Balaban J connectivity index is 2.93. The summed E-state index contributed by atoms with van der Waals surface area (Å²) < 4.78 is 29.4. The fourth-order valence-corrected chi connectivity index (χ4v) is 1.41. The third-order valence-electron chi connectivity index (χ3n) is 1.81. The molecule has 1 heterocycles. The molecule has 0 bridgehead atoms. The van der Waals surface area contributed by atoms with Gasteiger partial charge in [-0.3, -0.25) is 0 Å². The van der Waals surface area contributed by atoms with E-state index in [4.69, 9.17) is 15.4 Å². The molecule has 0 radical (unpaired) electrons. The summed E-state index contributed by atoms with van der Waals surface area (Å²) in [6.45, 7) is 4.31. The van der Waals surface area contributed by atoms with E-state index < -0.39 is 9.24 Å². The Bertz CT molecular complexity index is 358. The van der Waals surface area contributed by atoms with Gasteiger partial charge in [-0.1, -0.05) is 12.5 Å². The number of hydrogen-bond acceptors (Lipinski definition) is 3. The Morgan fingerprint density at radius 2 is 2.31 bits per heavy atom. The van der Waals surface area contributed by atoms with Crippen LogP contribution in [0.15, 0.2) is 16.0 Å². The van der Waals surface area contributed by atoms with Gasteiger partial charge in [0, 0.05) is 22.7 Å². The first-order valence-electron chi connectivity index (χ1n) is 3.74. The molecule has 0 spiro atoms. The van der Waals surface area contributed by atoms with Gasteiger partial charge in [-0.05, 0) is 6.92 Å². The van der Waals surface area contributed by atoms with E-state index in [1.807, 2.05) is 13.8 Å². The molecule has 0 aromatic carbocycles. The molecule has 4 nitrogen and oxygen atoms in total. The van der Waals surface area contributed by atoms with E-state index in [2.05, 4.69) is 4.40 Å². The SMILES string of the molecule is CC1=C/C(=N/S(=O)(=O)Cl)OCC1C. The van der Waals surface area contributed by atoms with Crippen LogP contribution in [0.5, 0.6) is 0 Å². The van der Waals surface area contributed by atoms with Gasteiger partial charge in [0.2, 0.25) is 5.90 Å². The molecule has 1 unspecified atom stereocenters. The van der Waals surface area contributed by atoms with Crippen molar-refractivity contribution in [1.82, 2.24) is 0 Å². The van der Waals surface area contributed by atoms with Crippen LogP contribution in [0.3, 0.4) is 0 Å². The first-order chi connectivity index (χ1) is 5.88. The number of rotatable bonds is 1. The summed E-state index contributed by atoms with van der Waals surface area (Å²) in [6, 6.07) is 0. The molecule has 74 valence electrons. The first kappa shape index (κ1) is 10.5. The van der Waals surface area contributed by atoms with Crippen molar-refractivity contribution in [3.8, 4) is 0 Å². The summed E-state index contributed by atoms with van der Waals surface area (Å²) in [5.41, 5.74) is 1.03. The van der Waals surface area contributed by atoms with Gasteiger partial charge in [-0.15, -0.1) is 4.40 Å². The van der Waals surface area contributed by atoms with Gasteiger partial charge < -0.3 is 4.74 Å². The molecule has 0 fully saturated rings. The molecule has 0 aliphatic carbocycles. The number of hydrogen-bond donors (Lipinski definition) is 0. The van der Waals surface area contributed by atoms with Crippen molar-refractivity contribution < 1.29 is 13.2 Å². The summed E-state index contributed by atoms with van der Waals surface area (Å²) in [6.07, 6.45) is 1.58. The minimum atomic E-state index is -3.87. The monoisotopic (exact) mass is 223 g/mol. The molecular formula is C7H10ClNO3S. The average molecular weight is 224 g/mol. The minimum absolute atomic E-state index is 0.0607. The fraction of sp³-hybridized carbons (Fsp3) is 0.571. The van der Waals surface area contributed by atoms with Gasteiger partial charge >= 0.3 is 9.24 Å². The molecule has 1 atom stereocenters. The summed E-state index contributed by atoms with van der Waals surface area (Å²) in [5, 5.41) is 0.